The SMILES string of the molecule is C/C(=N\NC(=O)C(C)Sc1nc2ccccc2s1)c1ccc(OCc2ccccc2Cl)cc1. The Bertz CT molecular complexity index is 1260. The van der Waals surface area contributed by atoms with Gasteiger partial charge in [-0.25, -0.2) is 10.4 Å². The average molecular weight is 496 g/mol. The van der Waals surface area contributed by atoms with Crippen LogP contribution in [0.3, 0.4) is 0 Å². The molecule has 0 bridgehead atoms. The number of rotatable bonds is 8. The lowest BCUT2D eigenvalue weighted by molar-refractivity contribution is -0.120. The largest absolute Gasteiger partial charge is 0.489 e. The summed E-state index contributed by atoms with van der Waals surface area (Å²) in [5.74, 6) is 0.565. The fraction of sp³-hybridized carbons (Fsp3) is 0.160. The summed E-state index contributed by atoms with van der Waals surface area (Å²) in [7, 11) is 0. The Morgan fingerprint density at radius 3 is 2.61 bits per heavy atom. The first kappa shape index (κ1) is 23.3. The first-order valence-corrected chi connectivity index (χ1v) is 12.4. The van der Waals surface area contributed by atoms with E-state index in [1.807, 2.05) is 86.6 Å². The standard InChI is InChI=1S/C25H22ClN3O2S2/c1-16(18-11-13-20(14-12-18)31-15-19-7-3-4-8-21(19)26)28-29-24(30)17(2)32-25-27-22-9-5-6-10-23(22)33-25/h3-14,17H,15H2,1-2H3,(H,29,30)/b28-16+. The number of nitrogens with one attached hydrogen (secondary N) is 1. The Hall–Kier alpha value is -2.87. The molecule has 1 unspecified atom stereocenters. The summed E-state index contributed by atoms with van der Waals surface area (Å²) in [6.07, 6.45) is 0. The smallest absolute Gasteiger partial charge is 0.253 e. The number of thiazole rings is 1. The van der Waals surface area contributed by atoms with E-state index in [4.69, 9.17) is 16.3 Å². The van der Waals surface area contributed by atoms with E-state index in [9.17, 15) is 4.79 Å². The van der Waals surface area contributed by atoms with Gasteiger partial charge in [-0.05, 0) is 61.9 Å². The molecule has 0 fully saturated rings. The van der Waals surface area contributed by atoms with Crippen molar-refractivity contribution < 1.29 is 9.53 Å². The lowest BCUT2D eigenvalue weighted by atomic mass is 10.1. The molecule has 4 rings (SSSR count). The molecular formula is C25H22ClN3O2S2. The van der Waals surface area contributed by atoms with Crippen molar-refractivity contribution in [2.45, 2.75) is 30.0 Å². The minimum absolute atomic E-state index is 0.168. The minimum atomic E-state index is -0.317. The number of carbonyl (C=O) groups excluding carboxylic acids is 1. The summed E-state index contributed by atoms with van der Waals surface area (Å²) in [6, 6.07) is 23.1. The van der Waals surface area contributed by atoms with Crippen LogP contribution in [0.1, 0.15) is 25.0 Å². The molecule has 168 valence electrons. The maximum absolute atomic E-state index is 12.5. The van der Waals surface area contributed by atoms with Crippen LogP contribution in [-0.2, 0) is 11.4 Å². The number of carbonyl (C=O) groups is 1. The Morgan fingerprint density at radius 2 is 1.85 bits per heavy atom. The molecule has 8 heteroatoms. The number of hydrogen-bond donors (Lipinski definition) is 1. The molecule has 0 saturated carbocycles. The van der Waals surface area contributed by atoms with Crippen molar-refractivity contribution in [2.24, 2.45) is 5.10 Å². The van der Waals surface area contributed by atoms with E-state index in [0.717, 1.165) is 31.4 Å². The molecule has 4 aromatic rings. The number of thioether (sulfide) groups is 1. The van der Waals surface area contributed by atoms with Gasteiger partial charge >= 0.3 is 0 Å². The third-order valence-corrected chi connectivity index (χ3v) is 7.48. The van der Waals surface area contributed by atoms with Crippen molar-refractivity contribution in [3.05, 3.63) is 88.9 Å². The molecule has 0 saturated heterocycles. The summed E-state index contributed by atoms with van der Waals surface area (Å²) in [6.45, 7) is 4.10. The van der Waals surface area contributed by atoms with Crippen LogP contribution >= 0.6 is 34.7 Å². The van der Waals surface area contributed by atoms with Gasteiger partial charge in [-0.3, -0.25) is 4.79 Å². The highest BCUT2D eigenvalue weighted by molar-refractivity contribution is 8.02. The molecule has 33 heavy (non-hydrogen) atoms. The van der Waals surface area contributed by atoms with Crippen molar-refractivity contribution >= 4 is 56.5 Å². The van der Waals surface area contributed by atoms with Crippen LogP contribution in [0.25, 0.3) is 10.2 Å². The van der Waals surface area contributed by atoms with Crippen LogP contribution in [0.2, 0.25) is 5.02 Å². The van der Waals surface area contributed by atoms with Gasteiger partial charge < -0.3 is 4.74 Å². The molecule has 1 heterocycles. The number of para-hydroxylation sites is 1. The Morgan fingerprint density at radius 1 is 1.12 bits per heavy atom. The fourth-order valence-corrected chi connectivity index (χ4v) is 5.36. The Labute approximate surface area is 205 Å². The number of halogens is 1. The third-order valence-electron chi connectivity index (χ3n) is 4.88. The van der Waals surface area contributed by atoms with Crippen LogP contribution in [-0.4, -0.2) is 21.9 Å². The van der Waals surface area contributed by atoms with Gasteiger partial charge in [0, 0.05) is 10.6 Å². The summed E-state index contributed by atoms with van der Waals surface area (Å²) < 4.78 is 7.79. The van der Waals surface area contributed by atoms with E-state index in [2.05, 4.69) is 15.5 Å². The molecule has 0 aliphatic heterocycles. The zero-order valence-corrected chi connectivity index (χ0v) is 20.5. The fourth-order valence-electron chi connectivity index (χ4n) is 2.97. The van der Waals surface area contributed by atoms with Gasteiger partial charge in [0.15, 0.2) is 4.34 Å². The van der Waals surface area contributed by atoms with Gasteiger partial charge in [0.05, 0.1) is 21.2 Å². The first-order valence-electron chi connectivity index (χ1n) is 10.3. The topological polar surface area (TPSA) is 63.6 Å². The van der Waals surface area contributed by atoms with Gasteiger partial charge in [0.1, 0.15) is 12.4 Å². The first-order chi connectivity index (χ1) is 16.0. The zero-order valence-electron chi connectivity index (χ0n) is 18.1. The minimum Gasteiger partial charge on any atom is -0.489 e. The lowest BCUT2D eigenvalue weighted by Crippen LogP contribution is -2.27. The molecule has 5 nitrogen and oxygen atoms in total. The predicted molar refractivity (Wildman–Crippen MR) is 138 cm³/mol. The highest BCUT2D eigenvalue weighted by atomic mass is 35.5. The second-order valence-corrected chi connectivity index (χ2v) is 10.3. The highest BCUT2D eigenvalue weighted by Gasteiger charge is 2.16. The molecule has 1 amide bonds. The highest BCUT2D eigenvalue weighted by Crippen LogP contribution is 2.31. The molecule has 1 N–H and O–H groups in total. The Kier molecular flexibility index (Phi) is 7.65. The molecule has 0 spiro atoms. The van der Waals surface area contributed by atoms with Crippen LogP contribution in [0.15, 0.2) is 82.2 Å². The monoisotopic (exact) mass is 495 g/mol. The molecular weight excluding hydrogens is 474 g/mol. The van der Waals surface area contributed by atoms with Crippen LogP contribution < -0.4 is 10.2 Å². The van der Waals surface area contributed by atoms with E-state index < -0.39 is 0 Å². The van der Waals surface area contributed by atoms with Crippen LogP contribution in [0.5, 0.6) is 5.75 Å². The number of amides is 1. The van der Waals surface area contributed by atoms with Crippen LogP contribution in [0.4, 0.5) is 0 Å². The number of benzene rings is 3. The van der Waals surface area contributed by atoms with E-state index >= 15 is 0 Å². The maximum Gasteiger partial charge on any atom is 0.253 e. The van der Waals surface area contributed by atoms with Crippen molar-refractivity contribution in [3.8, 4) is 5.75 Å². The molecule has 3 aromatic carbocycles. The van der Waals surface area contributed by atoms with E-state index in [0.29, 0.717) is 17.3 Å². The summed E-state index contributed by atoms with van der Waals surface area (Å²) in [4.78, 5) is 17.1. The van der Waals surface area contributed by atoms with E-state index in [1.54, 1.807) is 11.3 Å². The van der Waals surface area contributed by atoms with Crippen LogP contribution in [0, 0.1) is 0 Å². The van der Waals surface area contributed by atoms with Gasteiger partial charge in [-0.15, -0.1) is 11.3 Å². The number of ether oxygens (including phenoxy) is 1. The maximum atomic E-state index is 12.5. The van der Waals surface area contributed by atoms with Gasteiger partial charge in [0.25, 0.3) is 5.91 Å². The molecule has 0 aliphatic carbocycles. The Balaban J connectivity index is 1.31. The average Bonchev–Trinajstić information content (AvgIpc) is 3.24. The van der Waals surface area contributed by atoms with Crippen molar-refractivity contribution in [3.63, 3.8) is 0 Å². The van der Waals surface area contributed by atoms with Gasteiger partial charge in [-0.1, -0.05) is 53.7 Å². The van der Waals surface area contributed by atoms with Crippen molar-refractivity contribution in [2.75, 3.05) is 0 Å². The second-order valence-electron chi connectivity index (χ2n) is 7.29. The summed E-state index contributed by atoms with van der Waals surface area (Å²) >= 11 is 9.19. The third kappa shape index (κ3) is 6.13. The summed E-state index contributed by atoms with van der Waals surface area (Å²) in [5, 5.41) is 4.63. The number of fused-ring (bicyclic) bond motifs is 1. The number of hydrogen-bond acceptors (Lipinski definition) is 6. The van der Waals surface area contributed by atoms with E-state index in [-0.39, 0.29) is 11.2 Å². The zero-order chi connectivity index (χ0) is 23.2. The molecule has 0 radical (unpaired) electrons. The van der Waals surface area contributed by atoms with Gasteiger partial charge in [-0.2, -0.15) is 5.10 Å². The number of hydrazone groups is 1. The predicted octanol–water partition coefficient (Wildman–Crippen LogP) is 6.55. The van der Waals surface area contributed by atoms with Crippen molar-refractivity contribution in [1.82, 2.24) is 10.4 Å². The molecule has 1 atom stereocenters. The molecule has 1 aromatic heterocycles. The molecule has 0 aliphatic rings. The quantitative estimate of drug-likeness (QED) is 0.171. The normalized spacial score (nSPS) is 12.5. The number of nitrogens with zero attached hydrogens (tertiary/aromatic N) is 2. The second kappa shape index (κ2) is 10.8. The van der Waals surface area contributed by atoms with Gasteiger partial charge in [0.2, 0.25) is 0 Å². The lowest BCUT2D eigenvalue weighted by Gasteiger charge is -2.09. The van der Waals surface area contributed by atoms with Crippen molar-refractivity contribution in [1.29, 1.82) is 0 Å². The number of aromatic nitrogens is 1. The summed E-state index contributed by atoms with van der Waals surface area (Å²) in [5.41, 5.74) is 6.14. The van der Waals surface area contributed by atoms with E-state index in [1.165, 1.54) is 11.8 Å².